The van der Waals surface area contributed by atoms with Crippen molar-refractivity contribution in [1.82, 2.24) is 0 Å². The van der Waals surface area contributed by atoms with E-state index in [1.807, 2.05) is 6.07 Å². The van der Waals surface area contributed by atoms with Crippen LogP contribution in [0, 0.1) is 0 Å². The Morgan fingerprint density at radius 2 is 1.73 bits per heavy atom. The Bertz CT molecular complexity index is 780. The highest BCUT2D eigenvalue weighted by Crippen LogP contribution is 2.43. The van der Waals surface area contributed by atoms with Crippen LogP contribution < -0.4 is 4.74 Å². The Labute approximate surface area is 156 Å². The first-order chi connectivity index (χ1) is 12.4. The lowest BCUT2D eigenvalue weighted by Crippen LogP contribution is -2.12. The predicted molar refractivity (Wildman–Crippen MR) is 105 cm³/mol. The molecule has 0 heterocycles. The quantitative estimate of drug-likeness (QED) is 0.490. The van der Waals surface area contributed by atoms with Crippen LogP contribution in [-0.2, 0) is 5.41 Å². The SMILES string of the molecule is CC(C)(C)c1cccc(-c2c(OC(=O)O)cccc2C2CCCCC2)c1. The molecule has 0 bridgehead atoms. The van der Waals surface area contributed by atoms with Gasteiger partial charge in [-0.3, -0.25) is 0 Å². The maximum Gasteiger partial charge on any atom is 0.511 e. The number of hydrogen-bond donors (Lipinski definition) is 1. The highest BCUT2D eigenvalue weighted by atomic mass is 16.7. The van der Waals surface area contributed by atoms with Gasteiger partial charge in [0.1, 0.15) is 5.75 Å². The second-order valence-electron chi connectivity index (χ2n) is 8.25. The van der Waals surface area contributed by atoms with Gasteiger partial charge in [0.25, 0.3) is 0 Å². The molecule has 3 heteroatoms. The van der Waals surface area contributed by atoms with Crippen molar-refractivity contribution in [2.75, 3.05) is 0 Å². The van der Waals surface area contributed by atoms with E-state index >= 15 is 0 Å². The highest BCUT2D eigenvalue weighted by Gasteiger charge is 2.23. The van der Waals surface area contributed by atoms with Gasteiger partial charge in [0, 0.05) is 5.56 Å². The summed E-state index contributed by atoms with van der Waals surface area (Å²) in [5, 5.41) is 9.20. The fourth-order valence-corrected chi connectivity index (χ4v) is 3.93. The van der Waals surface area contributed by atoms with Crippen LogP contribution in [0.4, 0.5) is 4.79 Å². The van der Waals surface area contributed by atoms with Crippen LogP contribution in [0.1, 0.15) is 69.9 Å². The zero-order valence-corrected chi connectivity index (χ0v) is 15.9. The fraction of sp³-hybridized carbons (Fsp3) is 0.435. The third-order valence-corrected chi connectivity index (χ3v) is 5.32. The molecule has 1 N–H and O–H groups in total. The van der Waals surface area contributed by atoms with Crippen LogP contribution in [-0.4, -0.2) is 11.3 Å². The van der Waals surface area contributed by atoms with Gasteiger partial charge in [-0.25, -0.2) is 4.79 Å². The lowest BCUT2D eigenvalue weighted by atomic mass is 9.79. The summed E-state index contributed by atoms with van der Waals surface area (Å²) in [6.45, 7) is 6.56. The summed E-state index contributed by atoms with van der Waals surface area (Å²) < 4.78 is 5.17. The van der Waals surface area contributed by atoms with Gasteiger partial charge in [-0.05, 0) is 46.9 Å². The molecule has 0 spiro atoms. The third-order valence-electron chi connectivity index (χ3n) is 5.32. The molecule has 0 aliphatic heterocycles. The number of rotatable bonds is 3. The molecule has 0 saturated heterocycles. The molecular weight excluding hydrogens is 324 g/mol. The molecule has 0 unspecified atom stereocenters. The molecule has 1 aliphatic carbocycles. The molecule has 2 aromatic rings. The van der Waals surface area contributed by atoms with E-state index in [0.29, 0.717) is 11.7 Å². The van der Waals surface area contributed by atoms with Crippen LogP contribution in [0.25, 0.3) is 11.1 Å². The summed E-state index contributed by atoms with van der Waals surface area (Å²) in [4.78, 5) is 11.2. The third kappa shape index (κ3) is 4.09. The van der Waals surface area contributed by atoms with Gasteiger partial charge in [-0.1, -0.05) is 76.4 Å². The maximum atomic E-state index is 11.2. The average molecular weight is 352 g/mol. The molecule has 3 rings (SSSR count). The van der Waals surface area contributed by atoms with Crippen molar-refractivity contribution >= 4 is 6.16 Å². The molecule has 0 radical (unpaired) electrons. The van der Waals surface area contributed by atoms with Crippen LogP contribution in [0.2, 0.25) is 0 Å². The molecule has 0 amide bonds. The largest absolute Gasteiger partial charge is 0.511 e. The van der Waals surface area contributed by atoms with Crippen LogP contribution in [0.5, 0.6) is 5.75 Å². The zero-order chi connectivity index (χ0) is 18.7. The Kier molecular flexibility index (Phi) is 5.36. The van der Waals surface area contributed by atoms with Gasteiger partial charge >= 0.3 is 6.16 Å². The fourth-order valence-electron chi connectivity index (χ4n) is 3.93. The number of benzene rings is 2. The van der Waals surface area contributed by atoms with Crippen molar-refractivity contribution in [2.24, 2.45) is 0 Å². The molecule has 1 fully saturated rings. The molecule has 26 heavy (non-hydrogen) atoms. The molecular formula is C23H28O3. The molecule has 138 valence electrons. The van der Waals surface area contributed by atoms with E-state index in [4.69, 9.17) is 4.74 Å². The average Bonchev–Trinajstić information content (AvgIpc) is 2.61. The van der Waals surface area contributed by atoms with E-state index < -0.39 is 6.16 Å². The number of carboxylic acid groups (broad SMARTS) is 1. The van der Waals surface area contributed by atoms with E-state index in [0.717, 1.165) is 24.0 Å². The maximum absolute atomic E-state index is 11.2. The van der Waals surface area contributed by atoms with E-state index in [2.05, 4.69) is 51.1 Å². The topological polar surface area (TPSA) is 46.5 Å². The molecule has 0 aromatic heterocycles. The summed E-state index contributed by atoms with van der Waals surface area (Å²) in [6, 6.07) is 14.2. The standard InChI is InChI=1S/C23H28O3/c1-23(2,3)18-12-7-11-17(15-18)21-19(16-9-5-4-6-10-16)13-8-14-20(21)26-22(24)25/h7-8,11-16H,4-6,9-10H2,1-3H3,(H,24,25). The molecule has 1 saturated carbocycles. The van der Waals surface area contributed by atoms with Crippen LogP contribution >= 0.6 is 0 Å². The van der Waals surface area contributed by atoms with Gasteiger partial charge < -0.3 is 9.84 Å². The smallest absolute Gasteiger partial charge is 0.449 e. The Morgan fingerprint density at radius 1 is 1.04 bits per heavy atom. The number of carbonyl (C=O) groups is 1. The van der Waals surface area contributed by atoms with Crippen molar-refractivity contribution in [2.45, 2.75) is 64.2 Å². The normalized spacial score (nSPS) is 15.7. The summed E-state index contributed by atoms with van der Waals surface area (Å²) >= 11 is 0. The highest BCUT2D eigenvalue weighted by molar-refractivity contribution is 5.78. The lowest BCUT2D eigenvalue weighted by Gasteiger charge is -2.26. The predicted octanol–water partition coefficient (Wildman–Crippen LogP) is 6.76. The van der Waals surface area contributed by atoms with Crippen LogP contribution in [0.15, 0.2) is 42.5 Å². The van der Waals surface area contributed by atoms with Crippen molar-refractivity contribution in [1.29, 1.82) is 0 Å². The Hall–Kier alpha value is -2.29. The van der Waals surface area contributed by atoms with E-state index in [1.54, 1.807) is 6.07 Å². The monoisotopic (exact) mass is 352 g/mol. The Morgan fingerprint density at radius 3 is 2.38 bits per heavy atom. The minimum atomic E-state index is -1.26. The molecule has 3 nitrogen and oxygen atoms in total. The van der Waals surface area contributed by atoms with E-state index in [-0.39, 0.29) is 5.41 Å². The van der Waals surface area contributed by atoms with Gasteiger partial charge in [0.15, 0.2) is 0 Å². The minimum Gasteiger partial charge on any atom is -0.449 e. The van der Waals surface area contributed by atoms with E-state index in [1.165, 1.54) is 30.4 Å². The van der Waals surface area contributed by atoms with Crippen molar-refractivity contribution < 1.29 is 14.6 Å². The van der Waals surface area contributed by atoms with Crippen molar-refractivity contribution in [3.8, 4) is 16.9 Å². The second kappa shape index (κ2) is 7.53. The molecule has 2 aromatic carbocycles. The first kappa shape index (κ1) is 18.5. The first-order valence-corrected chi connectivity index (χ1v) is 9.51. The zero-order valence-electron chi connectivity index (χ0n) is 15.9. The molecule has 0 atom stereocenters. The summed E-state index contributed by atoms with van der Waals surface area (Å²) in [5.74, 6) is 0.904. The van der Waals surface area contributed by atoms with Gasteiger partial charge in [-0.15, -0.1) is 0 Å². The summed E-state index contributed by atoms with van der Waals surface area (Å²) in [5.41, 5.74) is 4.45. The van der Waals surface area contributed by atoms with Gasteiger partial charge in [0.2, 0.25) is 0 Å². The first-order valence-electron chi connectivity index (χ1n) is 9.51. The summed E-state index contributed by atoms with van der Waals surface area (Å²) in [6.07, 6.45) is 4.80. The van der Waals surface area contributed by atoms with Crippen molar-refractivity contribution in [3.05, 3.63) is 53.6 Å². The van der Waals surface area contributed by atoms with Crippen molar-refractivity contribution in [3.63, 3.8) is 0 Å². The minimum absolute atomic E-state index is 0.0314. The number of ether oxygens (including phenoxy) is 1. The molecule has 1 aliphatic rings. The Balaban J connectivity index is 2.15. The van der Waals surface area contributed by atoms with Gasteiger partial charge in [-0.2, -0.15) is 0 Å². The van der Waals surface area contributed by atoms with Gasteiger partial charge in [0.05, 0.1) is 0 Å². The summed E-state index contributed by atoms with van der Waals surface area (Å²) in [7, 11) is 0. The second-order valence-corrected chi connectivity index (χ2v) is 8.25. The van der Waals surface area contributed by atoms with Crippen LogP contribution in [0.3, 0.4) is 0 Å². The lowest BCUT2D eigenvalue weighted by molar-refractivity contribution is 0.144. The van der Waals surface area contributed by atoms with E-state index in [9.17, 15) is 9.90 Å². The number of hydrogen-bond acceptors (Lipinski definition) is 2.